The maximum atomic E-state index is 12.4. The lowest BCUT2D eigenvalue weighted by Gasteiger charge is -2.17. The Morgan fingerprint density at radius 2 is 2.00 bits per heavy atom. The topological polar surface area (TPSA) is 88.0 Å². The summed E-state index contributed by atoms with van der Waals surface area (Å²) in [6, 6.07) is 2.77. The molecule has 0 aliphatic rings. The van der Waals surface area contributed by atoms with Gasteiger partial charge in [-0.3, -0.25) is 0 Å². The van der Waals surface area contributed by atoms with Crippen molar-refractivity contribution >= 4 is 5.97 Å². The minimum Gasteiger partial charge on any atom is -0.547 e. The highest BCUT2D eigenvalue weighted by molar-refractivity contribution is 5.70. The number of carbonyl (C=O) groups is 1. The Labute approximate surface area is 94.5 Å². The molecule has 0 fully saturated rings. The molecule has 1 rings (SSSR count). The Hall–Kier alpha value is -1.60. The Morgan fingerprint density at radius 1 is 1.41 bits per heavy atom. The fourth-order valence-electron chi connectivity index (χ4n) is 1.29. The molecule has 4 N–H and O–H groups in total. The van der Waals surface area contributed by atoms with E-state index in [9.17, 15) is 23.1 Å². The lowest BCUT2D eigenvalue weighted by atomic mass is 10.00. The van der Waals surface area contributed by atoms with Crippen molar-refractivity contribution < 1.29 is 33.9 Å². The SMILES string of the molecule is [NH3+][C@H](c1cccc(C(F)(F)F)c1)[C@@H](O)C(=O)[O-]. The first kappa shape index (κ1) is 13.5. The standard InChI is InChI=1S/C10H10F3NO3/c11-10(12,13)6-3-1-2-5(4-6)7(14)8(15)9(16)17/h1-4,7-8,15H,14H2,(H,16,17)/t7-,8-/m1/s1. The summed E-state index contributed by atoms with van der Waals surface area (Å²) in [6.45, 7) is 0. The van der Waals surface area contributed by atoms with Crippen molar-refractivity contribution in [1.29, 1.82) is 0 Å². The van der Waals surface area contributed by atoms with Crippen LogP contribution in [0.5, 0.6) is 0 Å². The Kier molecular flexibility index (Phi) is 3.74. The van der Waals surface area contributed by atoms with Gasteiger partial charge in [0.2, 0.25) is 0 Å². The number of aliphatic carboxylic acids is 1. The van der Waals surface area contributed by atoms with E-state index in [0.29, 0.717) is 0 Å². The second kappa shape index (κ2) is 4.72. The molecular weight excluding hydrogens is 239 g/mol. The molecule has 1 aromatic rings. The second-order valence-corrected chi connectivity index (χ2v) is 3.49. The van der Waals surface area contributed by atoms with Crippen molar-refractivity contribution in [3.63, 3.8) is 0 Å². The predicted octanol–water partition coefficient (Wildman–Crippen LogP) is -0.901. The molecule has 17 heavy (non-hydrogen) atoms. The minimum absolute atomic E-state index is 0.0171. The van der Waals surface area contributed by atoms with E-state index >= 15 is 0 Å². The molecule has 0 saturated heterocycles. The van der Waals surface area contributed by atoms with E-state index in [2.05, 4.69) is 5.73 Å². The van der Waals surface area contributed by atoms with Gasteiger partial charge in [-0.15, -0.1) is 0 Å². The van der Waals surface area contributed by atoms with Crippen LogP contribution >= 0.6 is 0 Å². The molecular formula is C10H10F3NO3. The molecule has 0 saturated carbocycles. The summed E-state index contributed by atoms with van der Waals surface area (Å²) in [5.74, 6) is -1.78. The van der Waals surface area contributed by atoms with Crippen LogP contribution in [0.25, 0.3) is 0 Å². The molecule has 4 nitrogen and oxygen atoms in total. The summed E-state index contributed by atoms with van der Waals surface area (Å²) in [4.78, 5) is 10.4. The largest absolute Gasteiger partial charge is 0.547 e. The Morgan fingerprint density at radius 3 is 2.47 bits per heavy atom. The first-order valence-electron chi connectivity index (χ1n) is 4.62. The van der Waals surface area contributed by atoms with Crippen LogP contribution in [0.1, 0.15) is 17.2 Å². The van der Waals surface area contributed by atoms with Gasteiger partial charge in [-0.25, -0.2) is 0 Å². The summed E-state index contributed by atoms with van der Waals surface area (Å²) in [7, 11) is 0. The van der Waals surface area contributed by atoms with Gasteiger partial charge in [0.25, 0.3) is 0 Å². The van der Waals surface area contributed by atoms with E-state index in [4.69, 9.17) is 5.11 Å². The van der Waals surface area contributed by atoms with Crippen molar-refractivity contribution in [2.75, 3.05) is 0 Å². The van der Waals surface area contributed by atoms with Crippen molar-refractivity contribution in [1.82, 2.24) is 0 Å². The molecule has 1 aromatic carbocycles. The van der Waals surface area contributed by atoms with Crippen LogP contribution in [-0.2, 0) is 11.0 Å². The number of alkyl halides is 3. The molecule has 0 spiro atoms. The highest BCUT2D eigenvalue weighted by Gasteiger charge is 2.32. The number of rotatable bonds is 3. The van der Waals surface area contributed by atoms with Gasteiger partial charge < -0.3 is 20.7 Å². The smallest absolute Gasteiger partial charge is 0.416 e. The van der Waals surface area contributed by atoms with Gasteiger partial charge in [0.05, 0.1) is 11.5 Å². The number of benzene rings is 1. The first-order chi connectivity index (χ1) is 7.73. The van der Waals surface area contributed by atoms with Crippen molar-refractivity contribution in [2.45, 2.75) is 18.3 Å². The first-order valence-corrected chi connectivity index (χ1v) is 4.62. The zero-order chi connectivity index (χ0) is 13.2. The Balaban J connectivity index is 3.04. The summed E-state index contributed by atoms with van der Waals surface area (Å²) in [5.41, 5.74) is 2.38. The molecule has 7 heteroatoms. The van der Waals surface area contributed by atoms with Crippen molar-refractivity contribution in [3.05, 3.63) is 35.4 Å². The summed E-state index contributed by atoms with van der Waals surface area (Å²) in [5, 5.41) is 19.5. The maximum absolute atomic E-state index is 12.4. The van der Waals surface area contributed by atoms with Crippen molar-refractivity contribution in [3.8, 4) is 0 Å². The third-order valence-electron chi connectivity index (χ3n) is 2.26. The van der Waals surface area contributed by atoms with Gasteiger partial charge in [0.1, 0.15) is 12.1 Å². The summed E-state index contributed by atoms with van der Waals surface area (Å²) >= 11 is 0. The van der Waals surface area contributed by atoms with Crippen LogP contribution in [0.4, 0.5) is 13.2 Å². The molecule has 0 amide bonds. The van der Waals surface area contributed by atoms with Crippen LogP contribution in [0.2, 0.25) is 0 Å². The fraction of sp³-hybridized carbons (Fsp3) is 0.300. The molecule has 0 bridgehead atoms. The van der Waals surface area contributed by atoms with E-state index in [0.717, 1.165) is 18.2 Å². The average molecular weight is 249 g/mol. The highest BCUT2D eigenvalue weighted by Crippen LogP contribution is 2.30. The van der Waals surface area contributed by atoms with Gasteiger partial charge >= 0.3 is 6.18 Å². The molecule has 0 aliphatic heterocycles. The predicted molar refractivity (Wildman–Crippen MR) is 48.1 cm³/mol. The normalized spacial score (nSPS) is 15.4. The molecule has 0 unspecified atom stereocenters. The van der Waals surface area contributed by atoms with Crippen molar-refractivity contribution in [2.24, 2.45) is 0 Å². The minimum atomic E-state index is -4.53. The lowest BCUT2D eigenvalue weighted by molar-refractivity contribution is -0.448. The molecule has 2 atom stereocenters. The van der Waals surface area contributed by atoms with Crippen LogP contribution < -0.4 is 10.8 Å². The molecule has 0 aliphatic carbocycles. The third kappa shape index (κ3) is 3.18. The number of carboxylic acids is 1. The number of aliphatic hydroxyl groups is 1. The molecule has 0 heterocycles. The number of halogens is 3. The van der Waals surface area contributed by atoms with Gasteiger partial charge in [-0.2, -0.15) is 13.2 Å². The number of hydrogen-bond acceptors (Lipinski definition) is 3. The van der Waals surface area contributed by atoms with E-state index < -0.39 is 29.9 Å². The van der Waals surface area contributed by atoms with E-state index in [-0.39, 0.29) is 5.56 Å². The lowest BCUT2D eigenvalue weighted by Crippen LogP contribution is -2.62. The van der Waals surface area contributed by atoms with Gasteiger partial charge in [-0.1, -0.05) is 12.1 Å². The number of aliphatic hydroxyl groups excluding tert-OH is 1. The van der Waals surface area contributed by atoms with Crippen LogP contribution in [-0.4, -0.2) is 17.2 Å². The van der Waals surface area contributed by atoms with Crippen LogP contribution in [0.3, 0.4) is 0 Å². The van der Waals surface area contributed by atoms with Gasteiger partial charge in [-0.05, 0) is 12.1 Å². The van der Waals surface area contributed by atoms with E-state index in [1.807, 2.05) is 0 Å². The molecule has 94 valence electrons. The third-order valence-corrected chi connectivity index (χ3v) is 2.26. The zero-order valence-corrected chi connectivity index (χ0v) is 8.57. The quantitative estimate of drug-likeness (QED) is 0.727. The van der Waals surface area contributed by atoms with Gasteiger partial charge in [0, 0.05) is 5.56 Å². The fourth-order valence-corrected chi connectivity index (χ4v) is 1.29. The number of quaternary nitrogens is 1. The van der Waals surface area contributed by atoms with Crippen LogP contribution in [0.15, 0.2) is 24.3 Å². The zero-order valence-electron chi connectivity index (χ0n) is 8.57. The molecule has 0 radical (unpaired) electrons. The number of carbonyl (C=O) groups excluding carboxylic acids is 1. The van der Waals surface area contributed by atoms with Crippen LogP contribution in [0, 0.1) is 0 Å². The Bertz CT molecular complexity index is 420. The van der Waals surface area contributed by atoms with E-state index in [1.165, 1.54) is 6.07 Å². The maximum Gasteiger partial charge on any atom is 0.416 e. The van der Waals surface area contributed by atoms with Gasteiger partial charge in [0.15, 0.2) is 0 Å². The highest BCUT2D eigenvalue weighted by atomic mass is 19.4. The number of carboxylic acid groups (broad SMARTS) is 1. The monoisotopic (exact) mass is 249 g/mol. The summed E-state index contributed by atoms with van der Waals surface area (Å²) < 4.78 is 37.1. The molecule has 0 aromatic heterocycles. The second-order valence-electron chi connectivity index (χ2n) is 3.49. The average Bonchev–Trinajstić information content (AvgIpc) is 2.26. The summed E-state index contributed by atoms with van der Waals surface area (Å²) in [6.07, 6.45) is -6.47. The number of hydrogen-bond donors (Lipinski definition) is 2. The van der Waals surface area contributed by atoms with E-state index in [1.54, 1.807) is 0 Å².